The molecule has 1 heteroatoms. The summed E-state index contributed by atoms with van der Waals surface area (Å²) in [7, 11) is 0. The van der Waals surface area contributed by atoms with Gasteiger partial charge >= 0.3 is 0 Å². The van der Waals surface area contributed by atoms with Crippen LogP contribution in [0.4, 0.5) is 0 Å². The van der Waals surface area contributed by atoms with Crippen LogP contribution in [0.2, 0.25) is 0 Å². The third-order valence-corrected chi connectivity index (χ3v) is 2.08. The molecule has 0 rings (SSSR count). The molecule has 0 heterocycles. The Morgan fingerprint density at radius 3 is 2.10 bits per heavy atom. The molecule has 0 aliphatic rings. The SMILES string of the molecule is CCC(=O)CC(C)C(C)C. The van der Waals surface area contributed by atoms with Crippen molar-refractivity contribution in [2.24, 2.45) is 11.8 Å². The predicted molar refractivity (Wildman–Crippen MR) is 43.9 cm³/mol. The zero-order valence-electron chi connectivity index (χ0n) is 7.48. The highest BCUT2D eigenvalue weighted by atomic mass is 16.1. The van der Waals surface area contributed by atoms with Crippen LogP contribution >= 0.6 is 0 Å². The predicted octanol–water partition coefficient (Wildman–Crippen LogP) is 2.65. The van der Waals surface area contributed by atoms with Crippen molar-refractivity contribution in [3.8, 4) is 0 Å². The molecule has 1 nitrogen and oxygen atoms in total. The number of hydrogen-bond acceptors (Lipinski definition) is 1. The van der Waals surface area contributed by atoms with E-state index in [1.807, 2.05) is 6.92 Å². The van der Waals surface area contributed by atoms with Crippen molar-refractivity contribution in [1.29, 1.82) is 0 Å². The first-order valence-corrected chi connectivity index (χ1v) is 4.09. The molecule has 0 amide bonds. The minimum atomic E-state index is 0.390. The van der Waals surface area contributed by atoms with Crippen LogP contribution in [-0.2, 0) is 4.79 Å². The van der Waals surface area contributed by atoms with E-state index in [2.05, 4.69) is 20.8 Å². The Balaban J connectivity index is 3.57. The lowest BCUT2D eigenvalue weighted by molar-refractivity contribution is -0.119. The summed E-state index contributed by atoms with van der Waals surface area (Å²) in [5.41, 5.74) is 0. The smallest absolute Gasteiger partial charge is 0.132 e. The van der Waals surface area contributed by atoms with Gasteiger partial charge in [-0.1, -0.05) is 27.7 Å². The summed E-state index contributed by atoms with van der Waals surface area (Å²) in [6, 6.07) is 0. The van der Waals surface area contributed by atoms with Crippen LogP contribution in [0.5, 0.6) is 0 Å². The standard InChI is InChI=1S/C9H18O/c1-5-9(10)6-8(4)7(2)3/h7-8H,5-6H2,1-4H3. The summed E-state index contributed by atoms with van der Waals surface area (Å²) in [5.74, 6) is 1.57. The Labute approximate surface area is 63.8 Å². The average Bonchev–Trinajstić information content (AvgIpc) is 1.87. The molecule has 0 spiro atoms. The van der Waals surface area contributed by atoms with Crippen LogP contribution in [0, 0.1) is 11.8 Å². The fraction of sp³-hybridized carbons (Fsp3) is 0.889. The van der Waals surface area contributed by atoms with Crippen molar-refractivity contribution >= 4 is 5.78 Å². The molecule has 1 atom stereocenters. The van der Waals surface area contributed by atoms with Crippen LogP contribution in [0.15, 0.2) is 0 Å². The van der Waals surface area contributed by atoms with Crippen LogP contribution in [0.25, 0.3) is 0 Å². The molecule has 0 N–H and O–H groups in total. The number of carbonyl (C=O) groups excluding carboxylic acids is 1. The van der Waals surface area contributed by atoms with E-state index in [0.717, 1.165) is 6.42 Å². The van der Waals surface area contributed by atoms with Gasteiger partial charge in [-0.25, -0.2) is 0 Å². The monoisotopic (exact) mass is 142 g/mol. The van der Waals surface area contributed by atoms with E-state index in [1.165, 1.54) is 0 Å². The highest BCUT2D eigenvalue weighted by molar-refractivity contribution is 5.78. The van der Waals surface area contributed by atoms with E-state index in [0.29, 0.717) is 24.0 Å². The molecule has 0 bridgehead atoms. The Morgan fingerprint density at radius 2 is 1.80 bits per heavy atom. The maximum atomic E-state index is 10.9. The highest BCUT2D eigenvalue weighted by Crippen LogP contribution is 2.14. The number of hydrogen-bond donors (Lipinski definition) is 0. The zero-order valence-corrected chi connectivity index (χ0v) is 7.48. The van der Waals surface area contributed by atoms with Crippen LogP contribution in [0.3, 0.4) is 0 Å². The van der Waals surface area contributed by atoms with E-state index in [4.69, 9.17) is 0 Å². The number of ketones is 1. The molecule has 0 aliphatic carbocycles. The van der Waals surface area contributed by atoms with E-state index < -0.39 is 0 Å². The van der Waals surface area contributed by atoms with Crippen molar-refractivity contribution in [3.05, 3.63) is 0 Å². The van der Waals surface area contributed by atoms with Crippen molar-refractivity contribution in [2.45, 2.75) is 40.5 Å². The van der Waals surface area contributed by atoms with Gasteiger partial charge in [-0.15, -0.1) is 0 Å². The van der Waals surface area contributed by atoms with Crippen LogP contribution in [-0.4, -0.2) is 5.78 Å². The molecule has 1 unspecified atom stereocenters. The number of carbonyl (C=O) groups is 1. The van der Waals surface area contributed by atoms with Gasteiger partial charge in [-0.2, -0.15) is 0 Å². The summed E-state index contributed by atoms with van der Waals surface area (Å²) in [6.45, 7) is 8.38. The molecular formula is C9H18O. The quantitative estimate of drug-likeness (QED) is 0.589. The van der Waals surface area contributed by atoms with E-state index in [-0.39, 0.29) is 0 Å². The lowest BCUT2D eigenvalue weighted by Crippen LogP contribution is -2.09. The van der Waals surface area contributed by atoms with Gasteiger partial charge in [0.05, 0.1) is 0 Å². The fourth-order valence-electron chi connectivity index (χ4n) is 0.739. The first kappa shape index (κ1) is 9.67. The third kappa shape index (κ3) is 3.65. The largest absolute Gasteiger partial charge is 0.300 e. The lowest BCUT2D eigenvalue weighted by Gasteiger charge is -2.13. The van der Waals surface area contributed by atoms with Crippen molar-refractivity contribution in [3.63, 3.8) is 0 Å². The summed E-state index contributed by atoms with van der Waals surface area (Å²) in [4.78, 5) is 10.9. The second kappa shape index (κ2) is 4.48. The van der Waals surface area contributed by atoms with E-state index in [1.54, 1.807) is 0 Å². The molecular weight excluding hydrogens is 124 g/mol. The number of rotatable bonds is 4. The third-order valence-electron chi connectivity index (χ3n) is 2.08. The van der Waals surface area contributed by atoms with Gasteiger partial charge in [-0.05, 0) is 11.8 Å². The average molecular weight is 142 g/mol. The minimum absolute atomic E-state index is 0.390. The van der Waals surface area contributed by atoms with Crippen molar-refractivity contribution < 1.29 is 4.79 Å². The van der Waals surface area contributed by atoms with Gasteiger partial charge in [0.1, 0.15) is 5.78 Å². The molecule has 60 valence electrons. The fourth-order valence-corrected chi connectivity index (χ4v) is 0.739. The van der Waals surface area contributed by atoms with Crippen molar-refractivity contribution in [2.75, 3.05) is 0 Å². The normalized spacial score (nSPS) is 13.7. The molecule has 0 aromatic rings. The molecule has 0 saturated carbocycles. The first-order chi connectivity index (χ1) is 4.57. The van der Waals surface area contributed by atoms with Crippen LogP contribution < -0.4 is 0 Å². The maximum Gasteiger partial charge on any atom is 0.132 e. The summed E-state index contributed by atoms with van der Waals surface area (Å²) in [5, 5.41) is 0. The first-order valence-electron chi connectivity index (χ1n) is 4.09. The van der Waals surface area contributed by atoms with Gasteiger partial charge in [0.15, 0.2) is 0 Å². The summed E-state index contributed by atoms with van der Waals surface area (Å²) >= 11 is 0. The lowest BCUT2D eigenvalue weighted by atomic mass is 9.92. The molecule has 0 aliphatic heterocycles. The summed E-state index contributed by atoms with van der Waals surface area (Å²) < 4.78 is 0. The van der Waals surface area contributed by atoms with Gasteiger partial charge < -0.3 is 0 Å². The Kier molecular flexibility index (Phi) is 4.33. The molecule has 0 radical (unpaired) electrons. The van der Waals surface area contributed by atoms with Crippen molar-refractivity contribution in [1.82, 2.24) is 0 Å². The van der Waals surface area contributed by atoms with Crippen LogP contribution in [0.1, 0.15) is 40.5 Å². The molecule has 10 heavy (non-hydrogen) atoms. The Bertz CT molecular complexity index is 105. The minimum Gasteiger partial charge on any atom is -0.300 e. The van der Waals surface area contributed by atoms with Gasteiger partial charge in [0.25, 0.3) is 0 Å². The second-order valence-corrected chi connectivity index (χ2v) is 3.32. The Morgan fingerprint density at radius 1 is 1.30 bits per heavy atom. The molecule has 0 aromatic carbocycles. The Hall–Kier alpha value is -0.330. The van der Waals surface area contributed by atoms with E-state index >= 15 is 0 Å². The molecule has 0 saturated heterocycles. The highest BCUT2D eigenvalue weighted by Gasteiger charge is 2.10. The maximum absolute atomic E-state index is 10.9. The summed E-state index contributed by atoms with van der Waals surface area (Å²) in [6.07, 6.45) is 1.45. The number of Topliss-reactive ketones (excluding diaryl/α,β-unsaturated/α-hetero) is 1. The molecule has 0 aromatic heterocycles. The zero-order chi connectivity index (χ0) is 8.15. The van der Waals surface area contributed by atoms with Gasteiger partial charge in [0, 0.05) is 12.8 Å². The van der Waals surface area contributed by atoms with Gasteiger partial charge in [0.2, 0.25) is 0 Å². The topological polar surface area (TPSA) is 17.1 Å². The molecule has 0 fully saturated rings. The second-order valence-electron chi connectivity index (χ2n) is 3.32. The van der Waals surface area contributed by atoms with Gasteiger partial charge in [-0.3, -0.25) is 4.79 Å². The van der Waals surface area contributed by atoms with E-state index in [9.17, 15) is 4.79 Å².